The molecule has 1 aromatic rings. The Morgan fingerprint density at radius 2 is 1.69 bits per heavy atom. The van der Waals surface area contributed by atoms with Crippen molar-refractivity contribution in [2.24, 2.45) is 0 Å². The predicted molar refractivity (Wildman–Crippen MR) is 57.6 cm³/mol. The molecular weight excluding hydrogens is 186 g/mol. The van der Waals surface area contributed by atoms with Crippen LogP contribution in [0.15, 0.2) is 24.3 Å². The van der Waals surface area contributed by atoms with Gasteiger partial charge in [-0.15, -0.1) is 12.4 Å². The van der Waals surface area contributed by atoms with E-state index in [0.717, 1.165) is 13.0 Å². The third-order valence-electron chi connectivity index (χ3n) is 1.78. The minimum absolute atomic E-state index is 0. The van der Waals surface area contributed by atoms with Crippen LogP contribution in [-0.2, 0) is 6.42 Å². The highest BCUT2D eigenvalue weighted by Crippen LogP contribution is 2.09. The van der Waals surface area contributed by atoms with E-state index < -0.39 is 0 Å². The lowest BCUT2D eigenvalue weighted by Gasteiger charge is -2.08. The fourth-order valence-corrected chi connectivity index (χ4v) is 1.02. The van der Waals surface area contributed by atoms with Crippen molar-refractivity contribution in [3.63, 3.8) is 0 Å². The molecule has 0 aliphatic carbocycles. The number of benzene rings is 1. The molecule has 13 heavy (non-hydrogen) atoms. The summed E-state index contributed by atoms with van der Waals surface area (Å²) in [6.45, 7) is 1.05. The smallest absolute Gasteiger partial charge is 0.115 e. The van der Waals surface area contributed by atoms with Crippen molar-refractivity contribution in [2.45, 2.75) is 6.42 Å². The molecule has 0 unspecified atom stereocenters. The molecule has 1 rings (SSSR count). The van der Waals surface area contributed by atoms with Crippen molar-refractivity contribution in [1.29, 1.82) is 0 Å². The lowest BCUT2D eigenvalue weighted by molar-refractivity contribution is 0.413. The Morgan fingerprint density at radius 1 is 1.15 bits per heavy atom. The van der Waals surface area contributed by atoms with E-state index in [1.54, 1.807) is 12.1 Å². The molecule has 0 aromatic heterocycles. The zero-order chi connectivity index (χ0) is 8.97. The summed E-state index contributed by atoms with van der Waals surface area (Å²) >= 11 is 0. The van der Waals surface area contributed by atoms with Gasteiger partial charge in [-0.2, -0.15) is 0 Å². The number of phenols is 1. The van der Waals surface area contributed by atoms with Gasteiger partial charge in [-0.3, -0.25) is 0 Å². The summed E-state index contributed by atoms with van der Waals surface area (Å²) in [5.74, 6) is 0.337. The van der Waals surface area contributed by atoms with Gasteiger partial charge in [0.1, 0.15) is 5.75 Å². The van der Waals surface area contributed by atoms with E-state index in [2.05, 4.69) is 19.0 Å². The van der Waals surface area contributed by atoms with Crippen LogP contribution in [0.3, 0.4) is 0 Å². The van der Waals surface area contributed by atoms with Crippen LogP contribution in [0.5, 0.6) is 5.75 Å². The number of aromatic hydroxyl groups is 1. The van der Waals surface area contributed by atoms with E-state index in [4.69, 9.17) is 5.11 Å². The van der Waals surface area contributed by atoms with Crippen molar-refractivity contribution in [1.82, 2.24) is 4.90 Å². The van der Waals surface area contributed by atoms with Crippen LogP contribution in [0.1, 0.15) is 5.56 Å². The number of likely N-dealkylation sites (N-methyl/N-ethyl adjacent to an activating group) is 1. The van der Waals surface area contributed by atoms with Gasteiger partial charge in [-0.05, 0) is 38.2 Å². The van der Waals surface area contributed by atoms with E-state index in [1.165, 1.54) is 5.56 Å². The molecule has 0 saturated carbocycles. The lowest BCUT2D eigenvalue weighted by atomic mass is 10.1. The summed E-state index contributed by atoms with van der Waals surface area (Å²) in [6, 6.07) is 7.37. The maximum atomic E-state index is 9.02. The number of hydrogen-bond donors (Lipinski definition) is 1. The molecule has 0 fully saturated rings. The first kappa shape index (κ1) is 12.3. The van der Waals surface area contributed by atoms with Gasteiger partial charge in [0.25, 0.3) is 0 Å². The summed E-state index contributed by atoms with van der Waals surface area (Å²) in [5.41, 5.74) is 1.27. The highest BCUT2D eigenvalue weighted by molar-refractivity contribution is 5.85. The molecule has 1 aromatic carbocycles. The number of hydrogen-bond acceptors (Lipinski definition) is 2. The Hall–Kier alpha value is -0.730. The molecule has 74 valence electrons. The zero-order valence-corrected chi connectivity index (χ0v) is 8.84. The fraction of sp³-hybridized carbons (Fsp3) is 0.400. The summed E-state index contributed by atoms with van der Waals surface area (Å²) in [6.07, 6.45) is 1.04. The molecule has 0 heterocycles. The molecule has 0 atom stereocenters. The van der Waals surface area contributed by atoms with Gasteiger partial charge in [0.05, 0.1) is 0 Å². The quantitative estimate of drug-likeness (QED) is 0.808. The molecule has 0 spiro atoms. The lowest BCUT2D eigenvalue weighted by Crippen LogP contribution is -2.14. The Morgan fingerprint density at radius 3 is 2.15 bits per heavy atom. The summed E-state index contributed by atoms with van der Waals surface area (Å²) in [5, 5.41) is 9.02. The van der Waals surface area contributed by atoms with Gasteiger partial charge in [0, 0.05) is 6.54 Å². The highest BCUT2D eigenvalue weighted by atomic mass is 35.5. The molecule has 0 aliphatic rings. The van der Waals surface area contributed by atoms with Crippen LogP contribution in [-0.4, -0.2) is 30.6 Å². The molecule has 0 bridgehead atoms. The third kappa shape index (κ3) is 4.76. The molecule has 3 heteroatoms. The van der Waals surface area contributed by atoms with Gasteiger partial charge in [0.15, 0.2) is 0 Å². The second-order valence-corrected chi connectivity index (χ2v) is 3.22. The van der Waals surface area contributed by atoms with E-state index in [9.17, 15) is 0 Å². The summed E-state index contributed by atoms with van der Waals surface area (Å²) in [7, 11) is 4.11. The minimum Gasteiger partial charge on any atom is -0.508 e. The standard InChI is InChI=1S/C10H15NO.ClH/c1-11(2)8-7-9-3-5-10(12)6-4-9;/h3-6,12H,7-8H2,1-2H3;1H. The Bertz CT molecular complexity index is 233. The van der Waals surface area contributed by atoms with Crippen LogP contribution in [0, 0.1) is 0 Å². The SMILES string of the molecule is CN(C)CCc1ccc(O)cc1.Cl. The van der Waals surface area contributed by atoms with Crippen molar-refractivity contribution >= 4 is 12.4 Å². The highest BCUT2D eigenvalue weighted by Gasteiger charge is 1.94. The Labute approximate surface area is 85.6 Å². The first-order valence-corrected chi connectivity index (χ1v) is 4.11. The first-order chi connectivity index (χ1) is 5.68. The van der Waals surface area contributed by atoms with Gasteiger partial charge < -0.3 is 10.0 Å². The first-order valence-electron chi connectivity index (χ1n) is 4.11. The number of rotatable bonds is 3. The summed E-state index contributed by atoms with van der Waals surface area (Å²) in [4.78, 5) is 2.15. The molecule has 0 amide bonds. The van der Waals surface area contributed by atoms with Crippen LogP contribution in [0.25, 0.3) is 0 Å². The summed E-state index contributed by atoms with van der Waals surface area (Å²) < 4.78 is 0. The van der Waals surface area contributed by atoms with Crippen LogP contribution >= 0.6 is 12.4 Å². The molecular formula is C10H16ClNO. The van der Waals surface area contributed by atoms with Crippen LogP contribution in [0.4, 0.5) is 0 Å². The normalized spacial score (nSPS) is 9.77. The average molecular weight is 202 g/mol. The maximum Gasteiger partial charge on any atom is 0.115 e. The van der Waals surface area contributed by atoms with E-state index in [-0.39, 0.29) is 12.4 Å². The number of halogens is 1. The maximum absolute atomic E-state index is 9.02. The van der Waals surface area contributed by atoms with Crippen molar-refractivity contribution in [3.8, 4) is 5.75 Å². The van der Waals surface area contributed by atoms with Gasteiger partial charge in [-0.1, -0.05) is 12.1 Å². The number of nitrogens with zero attached hydrogens (tertiary/aromatic N) is 1. The molecule has 0 radical (unpaired) electrons. The average Bonchev–Trinajstić information content (AvgIpc) is 2.03. The molecule has 0 saturated heterocycles. The van der Waals surface area contributed by atoms with E-state index in [0.29, 0.717) is 5.75 Å². The number of phenolic OH excluding ortho intramolecular Hbond substituents is 1. The largest absolute Gasteiger partial charge is 0.508 e. The van der Waals surface area contributed by atoms with Crippen LogP contribution < -0.4 is 0 Å². The molecule has 1 N–H and O–H groups in total. The third-order valence-corrected chi connectivity index (χ3v) is 1.78. The van der Waals surface area contributed by atoms with Gasteiger partial charge in [-0.25, -0.2) is 0 Å². The zero-order valence-electron chi connectivity index (χ0n) is 8.03. The topological polar surface area (TPSA) is 23.5 Å². The monoisotopic (exact) mass is 201 g/mol. The van der Waals surface area contributed by atoms with Crippen molar-refractivity contribution in [3.05, 3.63) is 29.8 Å². The van der Waals surface area contributed by atoms with Crippen LogP contribution in [0.2, 0.25) is 0 Å². The second kappa shape index (κ2) is 5.84. The minimum atomic E-state index is 0. The van der Waals surface area contributed by atoms with E-state index in [1.807, 2.05) is 12.1 Å². The predicted octanol–water partition coefficient (Wildman–Crippen LogP) is 1.92. The molecule has 2 nitrogen and oxygen atoms in total. The van der Waals surface area contributed by atoms with Crippen molar-refractivity contribution < 1.29 is 5.11 Å². The van der Waals surface area contributed by atoms with Gasteiger partial charge in [0.2, 0.25) is 0 Å². The van der Waals surface area contributed by atoms with E-state index >= 15 is 0 Å². The molecule has 0 aliphatic heterocycles. The Kier molecular flexibility index (Phi) is 5.51. The van der Waals surface area contributed by atoms with Gasteiger partial charge >= 0.3 is 0 Å². The second-order valence-electron chi connectivity index (χ2n) is 3.22. The fourth-order valence-electron chi connectivity index (χ4n) is 1.02. The van der Waals surface area contributed by atoms with Crippen molar-refractivity contribution in [2.75, 3.05) is 20.6 Å². The Balaban J connectivity index is 0.00000144.